The standard InChI is InChI=1S/C13H16N2O2.C6H6O2.C4H10O/c1-2-3-9-11-12(16)14-15(13(11)17)10-7-5-4-6-8-10;7-5-1-2-6(8)4-3-5;1-3-5-4-2/h4-8,11H,2-3,9H2,1H3,(H,14,16);1-4,7-8H;3-4H2,1-2H3. The van der Waals surface area contributed by atoms with Crippen LogP contribution in [0.1, 0.15) is 40.0 Å². The Kier molecular flexibility index (Phi) is 11.7. The van der Waals surface area contributed by atoms with Gasteiger partial charge in [0.25, 0.3) is 11.8 Å². The minimum atomic E-state index is -0.518. The van der Waals surface area contributed by atoms with Crippen molar-refractivity contribution >= 4 is 17.5 Å². The first-order valence-corrected chi connectivity index (χ1v) is 10.2. The molecule has 0 bridgehead atoms. The number of phenols is 2. The molecular weight excluding hydrogens is 384 g/mol. The van der Waals surface area contributed by atoms with Crippen molar-refractivity contribution in [2.24, 2.45) is 5.92 Å². The molecule has 2 aromatic rings. The third-order valence-corrected chi connectivity index (χ3v) is 4.18. The van der Waals surface area contributed by atoms with Crippen LogP contribution >= 0.6 is 0 Å². The minimum absolute atomic E-state index is 0.144. The van der Waals surface area contributed by atoms with E-state index in [0.29, 0.717) is 12.1 Å². The normalized spacial score (nSPS) is 14.9. The maximum Gasteiger partial charge on any atom is 0.258 e. The summed E-state index contributed by atoms with van der Waals surface area (Å²) in [6.07, 6.45) is 2.51. The second-order valence-corrected chi connectivity index (χ2v) is 6.48. The Morgan fingerprint density at radius 3 is 1.87 bits per heavy atom. The second-order valence-electron chi connectivity index (χ2n) is 6.48. The van der Waals surface area contributed by atoms with Crippen LogP contribution in [0.4, 0.5) is 5.69 Å². The van der Waals surface area contributed by atoms with Gasteiger partial charge in [0.1, 0.15) is 17.4 Å². The number of hydrogen-bond acceptors (Lipinski definition) is 5. The Labute approximate surface area is 178 Å². The smallest absolute Gasteiger partial charge is 0.258 e. The van der Waals surface area contributed by atoms with E-state index in [1.165, 1.54) is 29.3 Å². The van der Waals surface area contributed by atoms with Crippen molar-refractivity contribution < 1.29 is 24.5 Å². The molecule has 1 saturated heterocycles. The number of anilines is 1. The predicted molar refractivity (Wildman–Crippen MR) is 117 cm³/mol. The molecule has 1 unspecified atom stereocenters. The summed E-state index contributed by atoms with van der Waals surface area (Å²) in [6, 6.07) is 14.9. The van der Waals surface area contributed by atoms with E-state index in [-0.39, 0.29) is 23.3 Å². The number of hydrazine groups is 1. The number of amides is 2. The van der Waals surface area contributed by atoms with Crippen molar-refractivity contribution in [3.05, 3.63) is 54.6 Å². The van der Waals surface area contributed by atoms with Gasteiger partial charge in [-0.2, -0.15) is 0 Å². The van der Waals surface area contributed by atoms with E-state index in [2.05, 4.69) is 5.43 Å². The van der Waals surface area contributed by atoms with Crippen molar-refractivity contribution in [2.45, 2.75) is 40.0 Å². The predicted octanol–water partition coefficient (Wildman–Crippen LogP) is 4.01. The Morgan fingerprint density at radius 2 is 1.43 bits per heavy atom. The topological polar surface area (TPSA) is 99.1 Å². The van der Waals surface area contributed by atoms with Crippen molar-refractivity contribution in [2.75, 3.05) is 18.2 Å². The van der Waals surface area contributed by atoms with Crippen LogP contribution in [0, 0.1) is 5.92 Å². The first kappa shape index (κ1) is 25.0. The summed E-state index contributed by atoms with van der Waals surface area (Å²) >= 11 is 0. The first-order chi connectivity index (χ1) is 14.4. The molecule has 1 atom stereocenters. The largest absolute Gasteiger partial charge is 0.508 e. The lowest BCUT2D eigenvalue weighted by molar-refractivity contribution is -0.127. The van der Waals surface area contributed by atoms with Crippen LogP contribution < -0.4 is 10.4 Å². The van der Waals surface area contributed by atoms with Gasteiger partial charge in [-0.25, -0.2) is 5.01 Å². The number of aromatic hydroxyl groups is 2. The zero-order valence-electron chi connectivity index (χ0n) is 17.9. The fourth-order valence-corrected chi connectivity index (χ4v) is 2.60. The molecule has 1 aliphatic heterocycles. The number of nitrogens with one attached hydrogen (secondary N) is 1. The van der Waals surface area contributed by atoms with E-state index < -0.39 is 5.92 Å². The highest BCUT2D eigenvalue weighted by Crippen LogP contribution is 2.22. The van der Waals surface area contributed by atoms with Gasteiger partial charge < -0.3 is 14.9 Å². The van der Waals surface area contributed by atoms with Crippen LogP contribution in [0.5, 0.6) is 11.5 Å². The first-order valence-electron chi connectivity index (χ1n) is 10.2. The van der Waals surface area contributed by atoms with Crippen LogP contribution in [-0.2, 0) is 14.3 Å². The van der Waals surface area contributed by atoms with Gasteiger partial charge in [-0.1, -0.05) is 38.0 Å². The Balaban J connectivity index is 0.000000286. The molecule has 1 aliphatic rings. The number of rotatable bonds is 6. The highest BCUT2D eigenvalue weighted by Gasteiger charge is 2.39. The summed E-state index contributed by atoms with van der Waals surface area (Å²) in [5.41, 5.74) is 3.34. The lowest BCUT2D eigenvalue weighted by Gasteiger charge is -2.14. The zero-order chi connectivity index (χ0) is 22.4. The van der Waals surface area contributed by atoms with Gasteiger partial charge in [-0.3, -0.25) is 15.0 Å². The van der Waals surface area contributed by atoms with E-state index in [1.54, 1.807) is 12.1 Å². The fraction of sp³-hybridized carbons (Fsp3) is 0.391. The number of ether oxygens (including phenoxy) is 1. The van der Waals surface area contributed by atoms with E-state index in [0.717, 1.165) is 26.1 Å². The van der Waals surface area contributed by atoms with E-state index in [9.17, 15) is 9.59 Å². The number of nitrogens with zero attached hydrogens (tertiary/aromatic N) is 1. The molecule has 1 heterocycles. The molecule has 0 radical (unpaired) electrons. The average Bonchev–Trinajstić information content (AvgIpc) is 3.04. The third kappa shape index (κ3) is 8.53. The molecule has 7 heteroatoms. The Hall–Kier alpha value is -3.06. The van der Waals surface area contributed by atoms with E-state index in [1.807, 2.05) is 39.0 Å². The van der Waals surface area contributed by atoms with Crippen LogP contribution in [0.3, 0.4) is 0 Å². The van der Waals surface area contributed by atoms with Crippen molar-refractivity contribution in [1.82, 2.24) is 5.43 Å². The number of benzene rings is 2. The molecule has 0 spiro atoms. The van der Waals surface area contributed by atoms with Gasteiger partial charge in [0, 0.05) is 13.2 Å². The van der Waals surface area contributed by atoms with Crippen LogP contribution in [0.2, 0.25) is 0 Å². The number of carbonyl (C=O) groups excluding carboxylic acids is 2. The van der Waals surface area contributed by atoms with Crippen LogP contribution in [0.25, 0.3) is 0 Å². The highest BCUT2D eigenvalue weighted by atomic mass is 16.5. The molecule has 3 N–H and O–H groups in total. The minimum Gasteiger partial charge on any atom is -0.508 e. The quantitative estimate of drug-likeness (QED) is 0.488. The maximum absolute atomic E-state index is 12.1. The molecule has 0 aromatic heterocycles. The van der Waals surface area contributed by atoms with Gasteiger partial charge in [0.15, 0.2) is 0 Å². The lowest BCUT2D eigenvalue weighted by Crippen LogP contribution is -2.35. The number of para-hydroxylation sites is 1. The molecular formula is C23H32N2O5. The molecule has 30 heavy (non-hydrogen) atoms. The van der Waals surface area contributed by atoms with Crippen molar-refractivity contribution in [1.29, 1.82) is 0 Å². The second kappa shape index (κ2) is 14.0. The van der Waals surface area contributed by atoms with E-state index in [4.69, 9.17) is 14.9 Å². The zero-order valence-corrected chi connectivity index (χ0v) is 17.9. The molecule has 0 aliphatic carbocycles. The molecule has 3 rings (SSSR count). The number of carbonyl (C=O) groups is 2. The molecule has 7 nitrogen and oxygen atoms in total. The van der Waals surface area contributed by atoms with E-state index >= 15 is 0 Å². The molecule has 2 amide bonds. The summed E-state index contributed by atoms with van der Waals surface area (Å²) in [7, 11) is 0. The molecule has 164 valence electrons. The summed E-state index contributed by atoms with van der Waals surface area (Å²) < 4.78 is 4.83. The Morgan fingerprint density at radius 1 is 0.900 bits per heavy atom. The number of unbranched alkanes of at least 4 members (excludes halogenated alkanes) is 1. The fourth-order valence-electron chi connectivity index (χ4n) is 2.60. The van der Waals surface area contributed by atoms with Gasteiger partial charge >= 0.3 is 0 Å². The highest BCUT2D eigenvalue weighted by molar-refractivity contribution is 6.14. The summed E-state index contributed by atoms with van der Waals surface area (Å²) in [5.74, 6) is -0.511. The number of phenolic OH excluding ortho intramolecular Hbond substituents is 2. The van der Waals surface area contributed by atoms with Crippen molar-refractivity contribution in [3.8, 4) is 11.5 Å². The van der Waals surface area contributed by atoms with Crippen LogP contribution in [-0.4, -0.2) is 35.2 Å². The molecule has 0 saturated carbocycles. The lowest BCUT2D eigenvalue weighted by atomic mass is 10.0. The van der Waals surface area contributed by atoms with Crippen LogP contribution in [0.15, 0.2) is 54.6 Å². The van der Waals surface area contributed by atoms with Gasteiger partial charge in [0.05, 0.1) is 5.69 Å². The average molecular weight is 417 g/mol. The third-order valence-electron chi connectivity index (χ3n) is 4.18. The SMILES string of the molecule is CCCCC1C(=O)NN(c2ccccc2)C1=O.CCOCC.Oc1ccc(O)cc1. The summed E-state index contributed by atoms with van der Waals surface area (Å²) in [5, 5.41) is 18.6. The van der Waals surface area contributed by atoms with Gasteiger partial charge in [-0.15, -0.1) is 0 Å². The molecule has 1 fully saturated rings. The van der Waals surface area contributed by atoms with Gasteiger partial charge in [-0.05, 0) is 56.7 Å². The Bertz CT molecular complexity index is 727. The van der Waals surface area contributed by atoms with Crippen molar-refractivity contribution in [3.63, 3.8) is 0 Å². The summed E-state index contributed by atoms with van der Waals surface area (Å²) in [4.78, 5) is 23.8. The number of hydrogen-bond donors (Lipinski definition) is 3. The monoisotopic (exact) mass is 416 g/mol. The van der Waals surface area contributed by atoms with Gasteiger partial charge in [0.2, 0.25) is 0 Å². The maximum atomic E-state index is 12.1. The molecule has 2 aromatic carbocycles. The summed E-state index contributed by atoms with van der Waals surface area (Å²) in [6.45, 7) is 7.71.